The first-order chi connectivity index (χ1) is 11.2. The number of aliphatic hydroxyl groups is 3. The van der Waals surface area contributed by atoms with Gasteiger partial charge in [0.25, 0.3) is 0 Å². The van der Waals surface area contributed by atoms with E-state index in [0.29, 0.717) is 12.3 Å². The van der Waals surface area contributed by atoms with Gasteiger partial charge in [0.1, 0.15) is 18.3 Å². The Hall–Kier alpha value is -0.350. The van der Waals surface area contributed by atoms with Crippen LogP contribution in [0, 0.1) is 5.92 Å². The minimum absolute atomic E-state index is 0. The van der Waals surface area contributed by atoms with Crippen LogP contribution in [-0.2, 0) is 18.3 Å². The Bertz CT molecular complexity index is 457. The van der Waals surface area contributed by atoms with E-state index in [2.05, 4.69) is 6.08 Å². The van der Waals surface area contributed by atoms with Crippen molar-refractivity contribution in [3.8, 4) is 0 Å². The predicted molar refractivity (Wildman–Crippen MR) is 92.1 cm³/mol. The van der Waals surface area contributed by atoms with E-state index in [9.17, 15) is 19.7 Å². The van der Waals surface area contributed by atoms with Crippen LogP contribution in [0.2, 0.25) is 0 Å². The predicted octanol–water partition coefficient (Wildman–Crippen LogP) is 1.49. The smallest absolute Gasteiger partial charge is 0.394 e. The van der Waals surface area contributed by atoms with Crippen LogP contribution in [-0.4, -0.2) is 58.0 Å². The average Bonchev–Trinajstić information content (AvgIpc) is 2.74. The number of allylic oxidation sites excluding steroid dienone is 2. The molecule has 0 aliphatic carbocycles. The highest BCUT2D eigenvalue weighted by Crippen LogP contribution is 2.47. The molecule has 6 atom stereocenters. The van der Waals surface area contributed by atoms with Crippen molar-refractivity contribution >= 4 is 7.82 Å². The lowest BCUT2D eigenvalue weighted by atomic mass is 10.0. The molecule has 1 rings (SSSR count). The third-order valence-electron chi connectivity index (χ3n) is 3.81. The van der Waals surface area contributed by atoms with Crippen molar-refractivity contribution in [2.75, 3.05) is 13.2 Å². The maximum absolute atomic E-state index is 11.9. The molecule has 0 aromatic heterocycles. The topological polar surface area (TPSA) is 161 Å². The summed E-state index contributed by atoms with van der Waals surface area (Å²) >= 11 is 0. The maximum atomic E-state index is 11.9. The molecule has 1 heterocycles. The second-order valence-corrected chi connectivity index (χ2v) is 7.77. The first-order valence-electron chi connectivity index (χ1n) is 8.08. The highest BCUT2D eigenvalue weighted by Gasteiger charge is 2.46. The lowest BCUT2D eigenvalue weighted by Gasteiger charge is -2.19. The molecule has 150 valence electrons. The Kier molecular flexibility index (Phi) is 11.2. The second kappa shape index (κ2) is 11.4. The first kappa shape index (κ1) is 24.7. The van der Waals surface area contributed by atoms with Gasteiger partial charge in [0.15, 0.2) is 6.29 Å². The van der Waals surface area contributed by atoms with Gasteiger partial charge in [0, 0.05) is 0 Å². The summed E-state index contributed by atoms with van der Waals surface area (Å²) in [5.74, 6) is 0.314. The van der Waals surface area contributed by atoms with Crippen molar-refractivity contribution in [3.63, 3.8) is 0 Å². The molecule has 1 aliphatic rings. The van der Waals surface area contributed by atoms with Crippen LogP contribution in [0.15, 0.2) is 11.6 Å². The van der Waals surface area contributed by atoms with E-state index in [0.717, 1.165) is 12.8 Å². The van der Waals surface area contributed by atoms with Gasteiger partial charge in [-0.2, -0.15) is 0 Å². The van der Waals surface area contributed by atoms with Gasteiger partial charge in [0.2, 0.25) is 0 Å². The fourth-order valence-corrected chi connectivity index (χ4v) is 3.12. The Labute approximate surface area is 148 Å². The van der Waals surface area contributed by atoms with Crippen molar-refractivity contribution in [1.82, 2.24) is 6.15 Å². The molecule has 0 amide bonds. The molecule has 10 heteroatoms. The van der Waals surface area contributed by atoms with E-state index in [1.807, 2.05) is 20.8 Å². The maximum Gasteiger partial charge on any atom is 0.474 e. The summed E-state index contributed by atoms with van der Waals surface area (Å²) < 4.78 is 26.5. The van der Waals surface area contributed by atoms with E-state index in [1.54, 1.807) is 0 Å². The van der Waals surface area contributed by atoms with Crippen molar-refractivity contribution in [2.45, 2.75) is 64.6 Å². The molecule has 1 fully saturated rings. The molecule has 25 heavy (non-hydrogen) atoms. The van der Waals surface area contributed by atoms with E-state index in [4.69, 9.17) is 18.9 Å². The number of phosphoric acid groups is 1. The number of aliphatic hydroxyl groups excluding tert-OH is 3. The Morgan fingerprint density at radius 3 is 2.44 bits per heavy atom. The summed E-state index contributed by atoms with van der Waals surface area (Å²) in [6.07, 6.45) is -0.911. The van der Waals surface area contributed by atoms with E-state index >= 15 is 0 Å². The number of ether oxygens (including phenoxy) is 1. The molecule has 0 radical (unpaired) electrons. The number of hydrogen-bond donors (Lipinski definition) is 5. The van der Waals surface area contributed by atoms with Crippen LogP contribution in [0.5, 0.6) is 0 Å². The third-order valence-corrected chi connectivity index (χ3v) is 4.80. The first-order valence-corrected chi connectivity index (χ1v) is 9.57. The lowest BCUT2D eigenvalue weighted by molar-refractivity contribution is -0.128. The van der Waals surface area contributed by atoms with Gasteiger partial charge in [-0.1, -0.05) is 18.6 Å². The number of phosphoric ester groups is 1. The van der Waals surface area contributed by atoms with Gasteiger partial charge in [0.05, 0.1) is 13.2 Å². The molecule has 0 aromatic carbocycles. The van der Waals surface area contributed by atoms with E-state index < -0.39 is 39.0 Å². The molecule has 1 aliphatic heterocycles. The fourth-order valence-electron chi connectivity index (χ4n) is 2.28. The highest BCUT2D eigenvalue weighted by atomic mass is 31.2. The summed E-state index contributed by atoms with van der Waals surface area (Å²) in [6.45, 7) is 5.57. The molecular weight excluding hydrogens is 353 g/mol. The van der Waals surface area contributed by atoms with Crippen LogP contribution in [0.25, 0.3) is 0 Å². The van der Waals surface area contributed by atoms with Crippen LogP contribution in [0.1, 0.15) is 40.0 Å². The minimum atomic E-state index is -4.43. The standard InChI is InChI=1S/C15H29O8P.H3N/c1-10(2)5-4-6-11(3)7-8-21-24(19,20)23-15-14(18)13(17)12(9-16)22-15;/h5,11-18H,4,6-9H2,1-3H3,(H,19,20);1H3/t11-,12-,13-,14+,15+;/m1./s1. The normalized spacial score (nSPS) is 29.6. The zero-order chi connectivity index (χ0) is 18.3. The summed E-state index contributed by atoms with van der Waals surface area (Å²) in [6, 6.07) is 0. The van der Waals surface area contributed by atoms with Crippen molar-refractivity contribution in [3.05, 3.63) is 11.6 Å². The molecule has 0 aromatic rings. The molecule has 0 saturated carbocycles. The van der Waals surface area contributed by atoms with E-state index in [1.165, 1.54) is 5.57 Å². The molecule has 0 spiro atoms. The molecule has 9 nitrogen and oxygen atoms in total. The highest BCUT2D eigenvalue weighted by molar-refractivity contribution is 7.47. The molecule has 1 unspecified atom stereocenters. The second-order valence-electron chi connectivity index (χ2n) is 6.37. The van der Waals surface area contributed by atoms with Gasteiger partial charge < -0.3 is 31.1 Å². The lowest BCUT2D eigenvalue weighted by Crippen LogP contribution is -2.34. The SMILES string of the molecule is CC(C)=CCC[C@@H](C)CCOP(=O)(O)O[C@@H]1O[C@H](CO)[C@@H](O)[C@@H]1O.N. The number of rotatable bonds is 10. The van der Waals surface area contributed by atoms with Crippen molar-refractivity contribution < 1.29 is 38.6 Å². The van der Waals surface area contributed by atoms with Crippen LogP contribution in [0.3, 0.4) is 0 Å². The molecule has 7 N–H and O–H groups in total. The van der Waals surface area contributed by atoms with Crippen LogP contribution in [0.4, 0.5) is 0 Å². The fraction of sp³-hybridized carbons (Fsp3) is 0.867. The Morgan fingerprint density at radius 1 is 1.28 bits per heavy atom. The zero-order valence-electron chi connectivity index (χ0n) is 15.1. The Balaban J connectivity index is 0.00000576. The van der Waals surface area contributed by atoms with Gasteiger partial charge in [-0.05, 0) is 39.0 Å². The third kappa shape index (κ3) is 8.72. The van der Waals surface area contributed by atoms with Crippen LogP contribution < -0.4 is 6.15 Å². The van der Waals surface area contributed by atoms with Gasteiger partial charge in [-0.15, -0.1) is 0 Å². The summed E-state index contributed by atoms with van der Waals surface area (Å²) in [5, 5.41) is 28.2. The summed E-state index contributed by atoms with van der Waals surface area (Å²) in [4.78, 5) is 9.67. The largest absolute Gasteiger partial charge is 0.474 e. The zero-order valence-corrected chi connectivity index (χ0v) is 16.0. The van der Waals surface area contributed by atoms with Crippen molar-refractivity contribution in [2.24, 2.45) is 5.92 Å². The molecule has 0 bridgehead atoms. The summed E-state index contributed by atoms with van der Waals surface area (Å²) in [7, 11) is -4.43. The number of hydrogen-bond acceptors (Lipinski definition) is 8. The monoisotopic (exact) mass is 385 g/mol. The van der Waals surface area contributed by atoms with Gasteiger partial charge >= 0.3 is 7.82 Å². The summed E-state index contributed by atoms with van der Waals surface area (Å²) in [5.41, 5.74) is 1.25. The van der Waals surface area contributed by atoms with Crippen molar-refractivity contribution in [1.29, 1.82) is 0 Å². The van der Waals surface area contributed by atoms with Crippen LogP contribution >= 0.6 is 7.82 Å². The minimum Gasteiger partial charge on any atom is -0.394 e. The van der Waals surface area contributed by atoms with Gasteiger partial charge in [-0.25, -0.2) is 4.57 Å². The van der Waals surface area contributed by atoms with Gasteiger partial charge in [-0.3, -0.25) is 9.05 Å². The molecule has 1 saturated heterocycles. The average molecular weight is 385 g/mol. The molecular formula is C15H32NO8P. The quantitative estimate of drug-likeness (QED) is 0.277. The Morgan fingerprint density at radius 2 is 1.92 bits per heavy atom. The van der Waals surface area contributed by atoms with E-state index in [-0.39, 0.29) is 12.8 Å².